The zero-order chi connectivity index (χ0) is 10.7. The number of halogens is 3. The molecule has 1 rings (SSSR count). The minimum Gasteiger partial charge on any atom is -0.465 e. The average molecular weight is 313 g/mol. The molecule has 1 aromatic heterocycles. The van der Waals surface area contributed by atoms with E-state index in [2.05, 4.69) is 9.72 Å². The summed E-state index contributed by atoms with van der Waals surface area (Å²) in [7, 11) is 1.14. The molecule has 0 unspecified atom stereocenters. The molecular formula is C8H6F2INO2. The summed E-state index contributed by atoms with van der Waals surface area (Å²) in [5.41, 5.74) is -0.542. The van der Waals surface area contributed by atoms with Gasteiger partial charge in [0.05, 0.1) is 18.2 Å². The number of hydrogen-bond donors (Lipinski definition) is 0. The second kappa shape index (κ2) is 4.63. The van der Waals surface area contributed by atoms with E-state index in [0.29, 0.717) is 3.70 Å². The van der Waals surface area contributed by atoms with Crippen molar-refractivity contribution in [1.29, 1.82) is 0 Å². The van der Waals surface area contributed by atoms with Gasteiger partial charge in [-0.3, -0.25) is 0 Å². The number of carbonyl (C=O) groups is 1. The summed E-state index contributed by atoms with van der Waals surface area (Å²) in [6, 6.07) is 1.27. The second-order valence-corrected chi connectivity index (χ2v) is 3.49. The SMILES string of the molecule is COC(=O)c1cc(I)ncc1C(F)F. The van der Waals surface area contributed by atoms with Crippen molar-refractivity contribution in [2.75, 3.05) is 7.11 Å². The van der Waals surface area contributed by atoms with Crippen LogP contribution in [0.5, 0.6) is 0 Å². The largest absolute Gasteiger partial charge is 0.465 e. The molecule has 1 aromatic rings. The fraction of sp³-hybridized carbons (Fsp3) is 0.250. The van der Waals surface area contributed by atoms with E-state index in [1.165, 1.54) is 6.07 Å². The zero-order valence-corrected chi connectivity index (χ0v) is 9.29. The Morgan fingerprint density at radius 2 is 2.29 bits per heavy atom. The topological polar surface area (TPSA) is 39.2 Å². The molecule has 0 aliphatic heterocycles. The van der Waals surface area contributed by atoms with Crippen LogP contribution < -0.4 is 0 Å². The molecule has 76 valence electrons. The summed E-state index contributed by atoms with van der Waals surface area (Å²) in [6.45, 7) is 0. The molecule has 0 atom stereocenters. The Kier molecular flexibility index (Phi) is 3.73. The normalized spacial score (nSPS) is 10.4. The van der Waals surface area contributed by atoms with E-state index in [1.807, 2.05) is 22.6 Å². The highest BCUT2D eigenvalue weighted by atomic mass is 127. The van der Waals surface area contributed by atoms with Crippen molar-refractivity contribution in [3.63, 3.8) is 0 Å². The maximum atomic E-state index is 12.4. The fourth-order valence-electron chi connectivity index (χ4n) is 0.901. The molecule has 0 fully saturated rings. The van der Waals surface area contributed by atoms with Crippen LogP contribution in [0.25, 0.3) is 0 Å². The number of carbonyl (C=O) groups excluding carboxylic acids is 1. The molecule has 0 saturated heterocycles. The standard InChI is InChI=1S/C8H6F2INO2/c1-14-8(13)4-2-6(11)12-3-5(4)7(9)10/h2-3,7H,1H3. The average Bonchev–Trinajstić information content (AvgIpc) is 2.16. The Labute approximate surface area is 92.6 Å². The minimum absolute atomic E-state index is 0.137. The first-order valence-electron chi connectivity index (χ1n) is 3.58. The number of nitrogens with zero attached hydrogens (tertiary/aromatic N) is 1. The Morgan fingerprint density at radius 1 is 1.64 bits per heavy atom. The highest BCUT2D eigenvalue weighted by Crippen LogP contribution is 2.23. The van der Waals surface area contributed by atoms with E-state index in [9.17, 15) is 13.6 Å². The first-order chi connectivity index (χ1) is 6.56. The molecule has 0 amide bonds. The molecule has 3 nitrogen and oxygen atoms in total. The van der Waals surface area contributed by atoms with Crippen LogP contribution in [0.3, 0.4) is 0 Å². The number of methoxy groups -OCH3 is 1. The summed E-state index contributed by atoms with van der Waals surface area (Å²) >= 11 is 1.83. The number of hydrogen-bond acceptors (Lipinski definition) is 3. The van der Waals surface area contributed by atoms with Crippen LogP contribution in [0.15, 0.2) is 12.3 Å². The minimum atomic E-state index is -2.73. The lowest BCUT2D eigenvalue weighted by Gasteiger charge is -2.06. The van der Waals surface area contributed by atoms with Crippen LogP contribution in [0.1, 0.15) is 22.3 Å². The van der Waals surface area contributed by atoms with Gasteiger partial charge in [0, 0.05) is 6.20 Å². The summed E-state index contributed by atoms with van der Waals surface area (Å²) in [6.07, 6.45) is -1.74. The molecule has 0 N–H and O–H groups in total. The van der Waals surface area contributed by atoms with Gasteiger partial charge in [0.1, 0.15) is 3.70 Å². The second-order valence-electron chi connectivity index (χ2n) is 2.39. The third-order valence-corrected chi connectivity index (χ3v) is 2.13. The van der Waals surface area contributed by atoms with Crippen LogP contribution in [-0.2, 0) is 4.74 Å². The van der Waals surface area contributed by atoms with E-state index in [1.54, 1.807) is 0 Å². The summed E-state index contributed by atoms with van der Waals surface area (Å²) in [4.78, 5) is 14.8. The van der Waals surface area contributed by atoms with E-state index in [0.717, 1.165) is 13.3 Å². The van der Waals surface area contributed by atoms with Gasteiger partial charge in [-0.1, -0.05) is 0 Å². The molecular weight excluding hydrogens is 307 g/mol. The molecule has 0 saturated carbocycles. The number of ether oxygens (including phenoxy) is 1. The van der Waals surface area contributed by atoms with Gasteiger partial charge in [-0.05, 0) is 28.7 Å². The quantitative estimate of drug-likeness (QED) is 0.478. The van der Waals surface area contributed by atoms with Gasteiger partial charge >= 0.3 is 5.97 Å². The third-order valence-electron chi connectivity index (χ3n) is 1.54. The molecule has 0 spiro atoms. The van der Waals surface area contributed by atoms with E-state index in [4.69, 9.17) is 0 Å². The molecule has 1 heterocycles. The van der Waals surface area contributed by atoms with E-state index in [-0.39, 0.29) is 5.56 Å². The van der Waals surface area contributed by atoms with E-state index < -0.39 is 18.0 Å². The van der Waals surface area contributed by atoms with Crippen molar-refractivity contribution in [3.8, 4) is 0 Å². The highest BCUT2D eigenvalue weighted by Gasteiger charge is 2.19. The van der Waals surface area contributed by atoms with Gasteiger partial charge in [0.25, 0.3) is 6.43 Å². The van der Waals surface area contributed by atoms with Crippen LogP contribution in [0, 0.1) is 3.70 Å². The van der Waals surface area contributed by atoms with E-state index >= 15 is 0 Å². The Balaban J connectivity index is 3.22. The monoisotopic (exact) mass is 313 g/mol. The Hall–Kier alpha value is -0.790. The van der Waals surface area contributed by atoms with Crippen molar-refractivity contribution >= 4 is 28.6 Å². The third kappa shape index (κ3) is 2.37. The molecule has 0 radical (unpaired) electrons. The Bertz CT molecular complexity index is 357. The molecule has 0 aromatic carbocycles. The molecule has 0 bridgehead atoms. The van der Waals surface area contributed by atoms with Crippen molar-refractivity contribution in [3.05, 3.63) is 27.1 Å². The summed E-state index contributed by atoms with van der Waals surface area (Å²) in [5.74, 6) is -0.777. The fourth-order valence-corrected chi connectivity index (χ4v) is 1.35. The van der Waals surface area contributed by atoms with Gasteiger partial charge in [-0.25, -0.2) is 18.6 Å². The van der Waals surface area contributed by atoms with Crippen molar-refractivity contribution in [1.82, 2.24) is 4.98 Å². The lowest BCUT2D eigenvalue weighted by atomic mass is 10.1. The predicted octanol–water partition coefficient (Wildman–Crippen LogP) is 2.41. The predicted molar refractivity (Wildman–Crippen MR) is 53.3 cm³/mol. The first-order valence-corrected chi connectivity index (χ1v) is 4.66. The number of esters is 1. The first kappa shape index (κ1) is 11.3. The van der Waals surface area contributed by atoms with Crippen molar-refractivity contribution in [2.24, 2.45) is 0 Å². The smallest absolute Gasteiger partial charge is 0.338 e. The number of rotatable bonds is 2. The molecule has 0 aliphatic rings. The maximum Gasteiger partial charge on any atom is 0.338 e. The molecule has 0 aliphatic carbocycles. The van der Waals surface area contributed by atoms with Crippen LogP contribution in [0.2, 0.25) is 0 Å². The number of aromatic nitrogens is 1. The Morgan fingerprint density at radius 3 is 2.79 bits per heavy atom. The van der Waals surface area contributed by atoms with Gasteiger partial charge in [0.2, 0.25) is 0 Å². The van der Waals surface area contributed by atoms with Crippen molar-refractivity contribution < 1.29 is 18.3 Å². The van der Waals surface area contributed by atoms with Crippen molar-refractivity contribution in [2.45, 2.75) is 6.43 Å². The molecule has 14 heavy (non-hydrogen) atoms. The van der Waals surface area contributed by atoms with Gasteiger partial charge in [0.15, 0.2) is 0 Å². The van der Waals surface area contributed by atoms with Crippen LogP contribution >= 0.6 is 22.6 Å². The highest BCUT2D eigenvalue weighted by molar-refractivity contribution is 14.1. The zero-order valence-electron chi connectivity index (χ0n) is 7.13. The van der Waals surface area contributed by atoms with Gasteiger partial charge in [-0.2, -0.15) is 0 Å². The number of pyridine rings is 1. The van der Waals surface area contributed by atoms with Gasteiger partial charge in [-0.15, -0.1) is 0 Å². The lowest BCUT2D eigenvalue weighted by molar-refractivity contribution is 0.0589. The summed E-state index contributed by atoms with van der Waals surface area (Å²) in [5, 5.41) is 0. The number of alkyl halides is 2. The lowest BCUT2D eigenvalue weighted by Crippen LogP contribution is -2.07. The van der Waals surface area contributed by atoms with Crippen LogP contribution in [-0.4, -0.2) is 18.1 Å². The molecule has 6 heteroatoms. The maximum absolute atomic E-state index is 12.4. The summed E-state index contributed by atoms with van der Waals surface area (Å²) < 4.78 is 29.7. The van der Waals surface area contributed by atoms with Crippen LogP contribution in [0.4, 0.5) is 8.78 Å². The van der Waals surface area contributed by atoms with Gasteiger partial charge < -0.3 is 4.74 Å².